The third kappa shape index (κ3) is 2.27. The number of hydrogen-bond acceptors (Lipinski definition) is 3. The molecule has 4 heteroatoms. The molecule has 1 N–H and O–H groups in total. The third-order valence-corrected chi connectivity index (χ3v) is 4.46. The van der Waals surface area contributed by atoms with Gasteiger partial charge < -0.3 is 14.6 Å². The summed E-state index contributed by atoms with van der Waals surface area (Å²) in [6.45, 7) is 0. The highest BCUT2D eigenvalue weighted by molar-refractivity contribution is 6.32. The minimum Gasteiger partial charge on any atom is -0.497 e. The zero-order valence-corrected chi connectivity index (χ0v) is 12.8. The molecule has 21 heavy (non-hydrogen) atoms. The lowest BCUT2D eigenvalue weighted by Crippen LogP contribution is -2.24. The molecule has 0 spiro atoms. The molecule has 110 valence electrons. The Bertz CT molecular complexity index is 684. The molecule has 0 bridgehead atoms. The summed E-state index contributed by atoms with van der Waals surface area (Å²) >= 11 is 6.07. The van der Waals surface area contributed by atoms with E-state index in [2.05, 4.69) is 0 Å². The van der Waals surface area contributed by atoms with E-state index in [9.17, 15) is 5.11 Å². The number of aryl methyl sites for hydroxylation is 1. The molecule has 2 aromatic carbocycles. The molecule has 0 saturated heterocycles. The molecular formula is C17H17ClO3. The smallest absolute Gasteiger partial charge is 0.137 e. The lowest BCUT2D eigenvalue weighted by atomic mass is 9.87. The number of halogens is 1. The average Bonchev–Trinajstić information content (AvgIpc) is 2.85. The van der Waals surface area contributed by atoms with Crippen molar-refractivity contribution in [1.82, 2.24) is 0 Å². The first-order valence-corrected chi connectivity index (χ1v) is 7.20. The highest BCUT2D eigenvalue weighted by atomic mass is 35.5. The SMILES string of the molecule is COc1ccc2c(c1)C(O)(c1ccc(Cl)c(OC)c1)CC2. The van der Waals surface area contributed by atoms with Crippen LogP contribution in [0.1, 0.15) is 23.1 Å². The molecule has 1 aliphatic carbocycles. The average molecular weight is 305 g/mol. The van der Waals surface area contributed by atoms with Gasteiger partial charge in [-0.25, -0.2) is 0 Å². The van der Waals surface area contributed by atoms with E-state index in [1.807, 2.05) is 24.3 Å². The molecule has 0 heterocycles. The Balaban J connectivity index is 2.12. The molecule has 0 aliphatic heterocycles. The Kier molecular flexibility index (Phi) is 3.56. The third-order valence-electron chi connectivity index (χ3n) is 4.15. The van der Waals surface area contributed by atoms with Crippen LogP contribution in [-0.4, -0.2) is 19.3 Å². The summed E-state index contributed by atoms with van der Waals surface area (Å²) in [4.78, 5) is 0. The minimum atomic E-state index is -1.03. The lowest BCUT2D eigenvalue weighted by molar-refractivity contribution is 0.0825. The molecule has 1 aliphatic rings. The van der Waals surface area contributed by atoms with E-state index in [0.29, 0.717) is 17.2 Å². The van der Waals surface area contributed by atoms with Gasteiger partial charge in [0, 0.05) is 0 Å². The van der Waals surface area contributed by atoms with Crippen LogP contribution < -0.4 is 9.47 Å². The van der Waals surface area contributed by atoms with Crippen molar-refractivity contribution < 1.29 is 14.6 Å². The summed E-state index contributed by atoms with van der Waals surface area (Å²) in [5.41, 5.74) is 1.80. The molecule has 3 rings (SSSR count). The molecule has 0 fully saturated rings. The van der Waals surface area contributed by atoms with Gasteiger partial charge in [0.25, 0.3) is 0 Å². The van der Waals surface area contributed by atoms with Crippen molar-refractivity contribution in [3.8, 4) is 11.5 Å². The van der Waals surface area contributed by atoms with Crippen molar-refractivity contribution in [1.29, 1.82) is 0 Å². The Morgan fingerprint density at radius 3 is 2.62 bits per heavy atom. The Morgan fingerprint density at radius 1 is 1.10 bits per heavy atom. The predicted octanol–water partition coefficient (Wildman–Crippen LogP) is 3.54. The Labute approximate surface area is 129 Å². The highest BCUT2D eigenvalue weighted by Crippen LogP contribution is 2.44. The van der Waals surface area contributed by atoms with Crippen LogP contribution in [0.25, 0.3) is 0 Å². The first-order valence-electron chi connectivity index (χ1n) is 6.82. The van der Waals surface area contributed by atoms with E-state index in [4.69, 9.17) is 21.1 Å². The van der Waals surface area contributed by atoms with E-state index >= 15 is 0 Å². The quantitative estimate of drug-likeness (QED) is 0.942. The van der Waals surface area contributed by atoms with E-state index in [-0.39, 0.29) is 0 Å². The van der Waals surface area contributed by atoms with Gasteiger partial charge in [-0.05, 0) is 53.8 Å². The van der Waals surface area contributed by atoms with Gasteiger partial charge in [-0.1, -0.05) is 23.7 Å². The first-order chi connectivity index (χ1) is 10.1. The summed E-state index contributed by atoms with van der Waals surface area (Å²) in [5.74, 6) is 1.31. The van der Waals surface area contributed by atoms with Gasteiger partial charge in [-0.15, -0.1) is 0 Å². The maximum absolute atomic E-state index is 11.2. The van der Waals surface area contributed by atoms with Crippen LogP contribution in [0.4, 0.5) is 0 Å². The Hall–Kier alpha value is -1.71. The molecule has 0 amide bonds. The van der Waals surface area contributed by atoms with Crippen LogP contribution in [0.5, 0.6) is 11.5 Å². The predicted molar refractivity (Wildman–Crippen MR) is 82.3 cm³/mol. The monoisotopic (exact) mass is 304 g/mol. The number of fused-ring (bicyclic) bond motifs is 1. The topological polar surface area (TPSA) is 38.7 Å². The zero-order chi connectivity index (χ0) is 15.0. The minimum absolute atomic E-state index is 0.536. The maximum Gasteiger partial charge on any atom is 0.137 e. The fraction of sp³-hybridized carbons (Fsp3) is 0.294. The van der Waals surface area contributed by atoms with Crippen molar-refractivity contribution in [2.24, 2.45) is 0 Å². The molecule has 3 nitrogen and oxygen atoms in total. The molecule has 1 unspecified atom stereocenters. The van der Waals surface area contributed by atoms with Crippen LogP contribution in [0, 0.1) is 0 Å². The van der Waals surface area contributed by atoms with Crippen molar-refractivity contribution in [2.45, 2.75) is 18.4 Å². The number of rotatable bonds is 3. The van der Waals surface area contributed by atoms with Crippen molar-refractivity contribution in [3.05, 3.63) is 58.1 Å². The first kappa shape index (κ1) is 14.2. The van der Waals surface area contributed by atoms with Gasteiger partial charge in [-0.2, -0.15) is 0 Å². The molecule has 0 aromatic heterocycles. The largest absolute Gasteiger partial charge is 0.497 e. The van der Waals surface area contributed by atoms with Crippen LogP contribution >= 0.6 is 11.6 Å². The van der Waals surface area contributed by atoms with Gasteiger partial charge in [0.2, 0.25) is 0 Å². The number of hydrogen-bond donors (Lipinski definition) is 1. The second-order valence-electron chi connectivity index (χ2n) is 5.23. The number of ether oxygens (including phenoxy) is 2. The number of aliphatic hydroxyl groups is 1. The van der Waals surface area contributed by atoms with Crippen LogP contribution in [0.15, 0.2) is 36.4 Å². The van der Waals surface area contributed by atoms with Crippen LogP contribution in [-0.2, 0) is 12.0 Å². The fourth-order valence-corrected chi connectivity index (χ4v) is 3.15. The molecule has 2 aromatic rings. The number of benzene rings is 2. The highest BCUT2D eigenvalue weighted by Gasteiger charge is 2.39. The fourth-order valence-electron chi connectivity index (χ4n) is 2.95. The summed E-state index contributed by atoms with van der Waals surface area (Å²) in [6.07, 6.45) is 1.47. The maximum atomic E-state index is 11.2. The zero-order valence-electron chi connectivity index (χ0n) is 12.0. The van der Waals surface area contributed by atoms with E-state index in [0.717, 1.165) is 28.9 Å². The molecule has 0 saturated carbocycles. The van der Waals surface area contributed by atoms with Crippen molar-refractivity contribution >= 4 is 11.6 Å². The molecule has 0 radical (unpaired) electrons. The number of methoxy groups -OCH3 is 2. The van der Waals surface area contributed by atoms with Gasteiger partial charge >= 0.3 is 0 Å². The van der Waals surface area contributed by atoms with Crippen molar-refractivity contribution in [2.75, 3.05) is 14.2 Å². The van der Waals surface area contributed by atoms with E-state index in [1.165, 1.54) is 0 Å². The van der Waals surface area contributed by atoms with Gasteiger partial charge in [0.1, 0.15) is 17.1 Å². The standard InChI is InChI=1S/C17H17ClO3/c1-20-13-5-3-11-7-8-17(19,14(11)10-13)12-4-6-15(18)16(9-12)21-2/h3-6,9-10,19H,7-8H2,1-2H3. The summed E-state index contributed by atoms with van der Waals surface area (Å²) in [5, 5.41) is 11.7. The van der Waals surface area contributed by atoms with Crippen molar-refractivity contribution in [3.63, 3.8) is 0 Å². The molecule has 1 atom stereocenters. The summed E-state index contributed by atoms with van der Waals surface area (Å²) in [6, 6.07) is 11.2. The second kappa shape index (κ2) is 5.24. The Morgan fingerprint density at radius 2 is 1.90 bits per heavy atom. The van der Waals surface area contributed by atoms with Crippen LogP contribution in [0.3, 0.4) is 0 Å². The van der Waals surface area contributed by atoms with E-state index < -0.39 is 5.60 Å². The lowest BCUT2D eigenvalue weighted by Gasteiger charge is -2.25. The van der Waals surface area contributed by atoms with Gasteiger partial charge in [0.05, 0.1) is 19.2 Å². The van der Waals surface area contributed by atoms with Crippen LogP contribution in [0.2, 0.25) is 5.02 Å². The molecular weight excluding hydrogens is 288 g/mol. The van der Waals surface area contributed by atoms with Gasteiger partial charge in [-0.3, -0.25) is 0 Å². The normalized spacial score (nSPS) is 20.2. The van der Waals surface area contributed by atoms with Gasteiger partial charge in [0.15, 0.2) is 0 Å². The summed E-state index contributed by atoms with van der Waals surface area (Å²) in [7, 11) is 3.20. The summed E-state index contributed by atoms with van der Waals surface area (Å²) < 4.78 is 10.5. The van der Waals surface area contributed by atoms with E-state index in [1.54, 1.807) is 26.4 Å². The second-order valence-corrected chi connectivity index (χ2v) is 5.64.